The highest BCUT2D eigenvalue weighted by atomic mass is 16.7. The van der Waals surface area contributed by atoms with Crippen molar-refractivity contribution in [3.05, 3.63) is 47.1 Å². The van der Waals surface area contributed by atoms with Gasteiger partial charge in [0.25, 0.3) is 0 Å². The summed E-state index contributed by atoms with van der Waals surface area (Å²) in [4.78, 5) is 14.4. The molecular formula is C48H74O14. The second kappa shape index (κ2) is 19.8. The smallest absolute Gasteiger partial charge is 0.316 e. The van der Waals surface area contributed by atoms with Gasteiger partial charge in [0.2, 0.25) is 0 Å². The van der Waals surface area contributed by atoms with E-state index in [-0.39, 0.29) is 30.8 Å². The molecule has 14 heteroatoms. The Morgan fingerprint density at radius 1 is 0.919 bits per heavy atom. The Kier molecular flexibility index (Phi) is 15.3. The molecule has 0 saturated carbocycles. The quantitative estimate of drug-likeness (QED) is 0.204. The summed E-state index contributed by atoms with van der Waals surface area (Å²) in [5.41, 5.74) is 0.188. The number of hydrogen-bond donors (Lipinski definition) is 3. The van der Waals surface area contributed by atoms with Gasteiger partial charge in [-0.25, -0.2) is 0 Å². The number of esters is 1. The molecule has 6 heterocycles. The first-order valence-electron chi connectivity index (χ1n) is 23.2. The van der Waals surface area contributed by atoms with Crippen LogP contribution in [0.3, 0.4) is 0 Å². The lowest BCUT2D eigenvalue weighted by molar-refractivity contribution is -0.340. The SMILES string of the molecule is CC[C@H](C)[C@H]1O[C@]2(CC[C@@H]1C)C[C@@H]1C[C@@H](C/C=C(\C)[C@@H](O[C@H]3C[C@H](OC)[C@@H](O[C@@H]4C[C@H](OC)[C@@H](O)[C@H](C)O4)[C@H](C)O3)[C@@H](C)/C=C/C=C3\CO[C@@H]4[C@H](O)C(C)=C[C@@H](C(=O)O1)[C@]34O)O2. The normalized spacial score (nSPS) is 49.4. The van der Waals surface area contributed by atoms with Crippen LogP contribution in [-0.4, -0.2) is 139 Å². The summed E-state index contributed by atoms with van der Waals surface area (Å²) >= 11 is 0. The molecule has 7 rings (SSSR count). The van der Waals surface area contributed by atoms with Crippen LogP contribution in [0.15, 0.2) is 47.1 Å². The highest BCUT2D eigenvalue weighted by Gasteiger charge is 2.60. The highest BCUT2D eigenvalue weighted by Crippen LogP contribution is 2.48. The number of allylic oxidation sites excluding steroid dienone is 2. The molecule has 0 aromatic carbocycles. The van der Waals surface area contributed by atoms with E-state index in [4.69, 9.17) is 47.4 Å². The van der Waals surface area contributed by atoms with Gasteiger partial charge in [-0.1, -0.05) is 64.5 Å². The fraction of sp³-hybridized carbons (Fsp3) is 0.812. The van der Waals surface area contributed by atoms with Crippen molar-refractivity contribution < 1.29 is 67.5 Å². The summed E-state index contributed by atoms with van der Waals surface area (Å²) in [5, 5.41) is 34.2. The van der Waals surface area contributed by atoms with Gasteiger partial charge in [0.05, 0.1) is 49.3 Å². The third-order valence-corrected chi connectivity index (χ3v) is 14.9. The molecule has 0 amide bonds. The summed E-state index contributed by atoms with van der Waals surface area (Å²) in [6.07, 6.45) is 6.53. The van der Waals surface area contributed by atoms with Crippen LogP contribution >= 0.6 is 0 Å². The predicted octanol–water partition coefficient (Wildman–Crippen LogP) is 5.60. The van der Waals surface area contributed by atoms with Gasteiger partial charge in [0.15, 0.2) is 18.4 Å². The highest BCUT2D eigenvalue weighted by molar-refractivity contribution is 5.78. The van der Waals surface area contributed by atoms with E-state index in [2.05, 4.69) is 40.7 Å². The average molecular weight is 875 g/mol. The second-order valence-electron chi connectivity index (χ2n) is 19.4. The lowest BCUT2D eigenvalue weighted by Crippen LogP contribution is -2.58. The molecule has 0 aromatic heterocycles. The van der Waals surface area contributed by atoms with E-state index in [1.54, 1.807) is 40.2 Å². The first kappa shape index (κ1) is 47.9. The van der Waals surface area contributed by atoms with Crippen LogP contribution in [0.25, 0.3) is 0 Å². The van der Waals surface area contributed by atoms with Crippen LogP contribution < -0.4 is 0 Å². The van der Waals surface area contributed by atoms with Gasteiger partial charge in [-0.3, -0.25) is 4.79 Å². The van der Waals surface area contributed by atoms with Crippen molar-refractivity contribution in [3.63, 3.8) is 0 Å². The molecule has 5 saturated heterocycles. The van der Waals surface area contributed by atoms with Crippen molar-refractivity contribution in [3.8, 4) is 0 Å². The zero-order valence-corrected chi connectivity index (χ0v) is 38.5. The Hall–Kier alpha value is -2.05. The molecule has 0 radical (unpaired) electrons. The van der Waals surface area contributed by atoms with E-state index >= 15 is 0 Å². The van der Waals surface area contributed by atoms with Gasteiger partial charge in [0, 0.05) is 52.2 Å². The van der Waals surface area contributed by atoms with E-state index in [9.17, 15) is 20.1 Å². The molecular weight excluding hydrogens is 801 g/mol. The zero-order valence-electron chi connectivity index (χ0n) is 38.5. The van der Waals surface area contributed by atoms with E-state index in [1.807, 2.05) is 19.1 Å². The van der Waals surface area contributed by atoms with Crippen LogP contribution in [0.1, 0.15) is 107 Å². The van der Waals surface area contributed by atoms with Crippen molar-refractivity contribution in [2.24, 2.45) is 23.7 Å². The lowest BCUT2D eigenvalue weighted by atomic mass is 9.71. The molecule has 1 spiro atoms. The van der Waals surface area contributed by atoms with Gasteiger partial charge >= 0.3 is 5.97 Å². The number of rotatable bonds is 8. The standard InChI is InChI=1S/C48H74O14/c1-11-25(2)43-28(5)17-18-47(62-43)23-34-20-33(61-47)16-15-27(4)42(26(3)13-12-14-32-24-55-45-40(49)29(6)19-35(46(51)58-34)48(32,45)52)59-39-22-37(54-10)44(31(8)57-39)60-38-21-36(53-9)41(50)30(7)56-38/h12-15,19,25-26,28,30-31,33-45,49-50,52H,11,16-18,20-24H2,1-10H3/b13-12+,27-15+,32-14+/t25-,26-,28-,30-,31-,33+,34-,35-,36-,37-,38+,39-,40+,41-,42-,43+,44-,45+,47+,48+/m0/s1. The number of carbonyl (C=O) groups excluding carboxylic acids is 1. The van der Waals surface area contributed by atoms with Crippen molar-refractivity contribution >= 4 is 5.97 Å². The number of ether oxygens (including phenoxy) is 10. The molecule has 7 aliphatic rings. The van der Waals surface area contributed by atoms with Gasteiger partial charge in [-0.2, -0.15) is 0 Å². The Labute approximate surface area is 368 Å². The van der Waals surface area contributed by atoms with E-state index < -0.39 is 90.8 Å². The van der Waals surface area contributed by atoms with Gasteiger partial charge < -0.3 is 62.7 Å². The molecule has 14 nitrogen and oxygen atoms in total. The number of carbonyl (C=O) groups is 1. The maximum atomic E-state index is 14.4. The summed E-state index contributed by atoms with van der Waals surface area (Å²) < 4.78 is 63.9. The van der Waals surface area contributed by atoms with Crippen LogP contribution in [-0.2, 0) is 52.2 Å². The fourth-order valence-electron chi connectivity index (χ4n) is 11.0. The van der Waals surface area contributed by atoms with Gasteiger partial charge in [-0.05, 0) is 69.1 Å². The molecule has 6 aliphatic heterocycles. The number of fused-ring (bicyclic) bond motifs is 2. The maximum Gasteiger partial charge on any atom is 0.316 e. The van der Waals surface area contributed by atoms with Crippen molar-refractivity contribution in [1.82, 2.24) is 0 Å². The molecule has 0 aromatic rings. The average Bonchev–Trinajstić information content (AvgIpc) is 3.58. The topological polar surface area (TPSA) is 170 Å². The van der Waals surface area contributed by atoms with Crippen LogP contribution in [0.2, 0.25) is 0 Å². The van der Waals surface area contributed by atoms with E-state index in [1.165, 1.54) is 0 Å². The molecule has 5 fully saturated rings. The van der Waals surface area contributed by atoms with Crippen LogP contribution in [0, 0.1) is 23.7 Å². The van der Waals surface area contributed by atoms with Crippen LogP contribution in [0.5, 0.6) is 0 Å². The Morgan fingerprint density at radius 2 is 1.63 bits per heavy atom. The number of aliphatic hydroxyl groups excluding tert-OH is 2. The largest absolute Gasteiger partial charge is 0.462 e. The predicted molar refractivity (Wildman–Crippen MR) is 227 cm³/mol. The molecule has 3 N–H and O–H groups in total. The minimum Gasteiger partial charge on any atom is -0.462 e. The van der Waals surface area contributed by atoms with Crippen molar-refractivity contribution in [2.45, 2.75) is 204 Å². The van der Waals surface area contributed by atoms with Crippen molar-refractivity contribution in [2.75, 3.05) is 20.8 Å². The first-order chi connectivity index (χ1) is 29.5. The Balaban J connectivity index is 1.18. The zero-order chi connectivity index (χ0) is 44.7. The Bertz CT molecular complexity index is 1680. The summed E-state index contributed by atoms with van der Waals surface area (Å²) in [5.74, 6) is -2.10. The number of methoxy groups -OCH3 is 2. The lowest BCUT2D eigenvalue weighted by Gasteiger charge is -2.51. The maximum absolute atomic E-state index is 14.4. The third-order valence-electron chi connectivity index (χ3n) is 14.9. The van der Waals surface area contributed by atoms with Gasteiger partial charge in [-0.15, -0.1) is 0 Å². The molecule has 0 unspecified atom stereocenters. The van der Waals surface area contributed by atoms with Crippen molar-refractivity contribution in [1.29, 1.82) is 0 Å². The summed E-state index contributed by atoms with van der Waals surface area (Å²) in [6.45, 7) is 16.3. The minimum atomic E-state index is -1.82. The molecule has 20 atom stereocenters. The fourth-order valence-corrected chi connectivity index (χ4v) is 11.0. The molecule has 2 bridgehead atoms. The first-order valence-corrected chi connectivity index (χ1v) is 23.2. The van der Waals surface area contributed by atoms with E-state index in [0.29, 0.717) is 61.5 Å². The van der Waals surface area contributed by atoms with E-state index in [0.717, 1.165) is 18.4 Å². The third kappa shape index (κ3) is 9.73. The summed E-state index contributed by atoms with van der Waals surface area (Å²) in [7, 11) is 3.23. The Morgan fingerprint density at radius 3 is 2.35 bits per heavy atom. The molecule has 350 valence electrons. The second-order valence-corrected chi connectivity index (χ2v) is 19.4. The number of hydrogen-bond acceptors (Lipinski definition) is 14. The number of aliphatic hydroxyl groups is 3. The van der Waals surface area contributed by atoms with Crippen LogP contribution in [0.4, 0.5) is 0 Å². The molecule has 62 heavy (non-hydrogen) atoms. The monoisotopic (exact) mass is 875 g/mol. The van der Waals surface area contributed by atoms with Gasteiger partial charge in [0.1, 0.15) is 42.0 Å². The minimum absolute atomic E-state index is 0.00708. The summed E-state index contributed by atoms with van der Waals surface area (Å²) in [6, 6.07) is 0. The molecule has 1 aliphatic carbocycles.